The van der Waals surface area contributed by atoms with Crippen LogP contribution in [0.4, 0.5) is 0 Å². The first-order valence-corrected chi connectivity index (χ1v) is 7.23. The van der Waals surface area contributed by atoms with Gasteiger partial charge < -0.3 is 4.57 Å². The lowest BCUT2D eigenvalue weighted by molar-refractivity contribution is 0.755. The minimum Gasteiger partial charge on any atom is -0.335 e. The molecule has 2 nitrogen and oxygen atoms in total. The first-order valence-electron chi connectivity index (χ1n) is 7.23. The quantitative estimate of drug-likeness (QED) is 0.696. The molecule has 0 N–H and O–H groups in total. The number of nitrogens with zero attached hydrogens (tertiary/aromatic N) is 2. The van der Waals surface area contributed by atoms with Crippen LogP contribution in [0.15, 0.2) is 54.6 Å². The van der Waals surface area contributed by atoms with Crippen molar-refractivity contribution in [2.75, 3.05) is 0 Å². The molecule has 0 bridgehead atoms. The average molecular weight is 274 g/mol. The highest BCUT2D eigenvalue weighted by molar-refractivity contribution is 5.87. The summed E-state index contributed by atoms with van der Waals surface area (Å²) in [4.78, 5) is 0. The topological polar surface area (TPSA) is 28.7 Å². The van der Waals surface area contributed by atoms with Crippen molar-refractivity contribution in [1.82, 2.24) is 4.57 Å². The maximum atomic E-state index is 9.54. The molecule has 0 spiro atoms. The van der Waals surface area contributed by atoms with Crippen molar-refractivity contribution >= 4 is 10.9 Å². The zero-order chi connectivity index (χ0) is 14.8. The summed E-state index contributed by atoms with van der Waals surface area (Å²) in [6.07, 6.45) is 0.948. The van der Waals surface area contributed by atoms with Gasteiger partial charge in [-0.15, -0.1) is 0 Å². The molecule has 0 aliphatic rings. The molecule has 21 heavy (non-hydrogen) atoms. The molecule has 3 aromatic rings. The molecule has 0 amide bonds. The molecule has 0 radical (unpaired) electrons. The highest BCUT2D eigenvalue weighted by atomic mass is 14.9. The van der Waals surface area contributed by atoms with Gasteiger partial charge in [-0.2, -0.15) is 5.26 Å². The third kappa shape index (κ3) is 2.32. The molecular formula is C19H18N2. The van der Waals surface area contributed by atoms with Gasteiger partial charge in [-0.3, -0.25) is 0 Å². The Morgan fingerprint density at radius 1 is 1.05 bits per heavy atom. The van der Waals surface area contributed by atoms with Crippen LogP contribution >= 0.6 is 0 Å². The van der Waals surface area contributed by atoms with E-state index in [0.29, 0.717) is 5.92 Å². The molecule has 0 saturated heterocycles. The zero-order valence-electron chi connectivity index (χ0n) is 12.4. The molecule has 1 atom stereocenters. The van der Waals surface area contributed by atoms with E-state index in [1.165, 1.54) is 16.5 Å². The van der Waals surface area contributed by atoms with Gasteiger partial charge in [0.2, 0.25) is 0 Å². The van der Waals surface area contributed by atoms with Crippen molar-refractivity contribution in [3.8, 4) is 6.07 Å². The second-order valence-corrected chi connectivity index (χ2v) is 5.54. The first-order chi connectivity index (χ1) is 10.2. The summed E-state index contributed by atoms with van der Waals surface area (Å²) in [7, 11) is 1.97. The van der Waals surface area contributed by atoms with Crippen molar-refractivity contribution in [3.05, 3.63) is 71.4 Å². The Morgan fingerprint density at radius 3 is 2.43 bits per heavy atom. The van der Waals surface area contributed by atoms with Crippen molar-refractivity contribution in [3.63, 3.8) is 0 Å². The van der Waals surface area contributed by atoms with Crippen LogP contribution in [-0.2, 0) is 13.5 Å². The SMILES string of the molecule is CC(Cc1ccccc1)c1c(C#N)n(C)c2ccccc12. The number of hydrogen-bond donors (Lipinski definition) is 0. The number of fused-ring (bicyclic) bond motifs is 1. The van der Waals surface area contributed by atoms with Crippen LogP contribution in [0.5, 0.6) is 0 Å². The van der Waals surface area contributed by atoms with Crippen molar-refractivity contribution in [2.45, 2.75) is 19.3 Å². The lowest BCUT2D eigenvalue weighted by Gasteiger charge is -2.12. The Bertz CT molecular complexity index is 807. The average Bonchev–Trinajstić information content (AvgIpc) is 2.81. The fraction of sp³-hybridized carbons (Fsp3) is 0.211. The first kappa shape index (κ1) is 13.5. The molecule has 1 unspecified atom stereocenters. The number of aromatic nitrogens is 1. The normalized spacial score (nSPS) is 12.2. The Hall–Kier alpha value is -2.53. The number of benzene rings is 2. The van der Waals surface area contributed by atoms with Gasteiger partial charge >= 0.3 is 0 Å². The van der Waals surface area contributed by atoms with E-state index in [-0.39, 0.29) is 0 Å². The van der Waals surface area contributed by atoms with E-state index in [9.17, 15) is 5.26 Å². The number of hydrogen-bond acceptors (Lipinski definition) is 1. The van der Waals surface area contributed by atoms with Crippen molar-refractivity contribution < 1.29 is 0 Å². The minimum absolute atomic E-state index is 0.313. The summed E-state index contributed by atoms with van der Waals surface area (Å²) in [5, 5.41) is 10.7. The standard InChI is InChI=1S/C19H18N2/c1-14(12-15-8-4-3-5-9-15)19-16-10-6-7-11-17(16)21(2)18(19)13-20/h3-11,14H,12H2,1-2H3. The Balaban J connectivity index is 2.09. The second-order valence-electron chi connectivity index (χ2n) is 5.54. The van der Waals surface area contributed by atoms with E-state index >= 15 is 0 Å². The van der Waals surface area contributed by atoms with E-state index in [4.69, 9.17) is 0 Å². The van der Waals surface area contributed by atoms with E-state index in [1.54, 1.807) is 0 Å². The van der Waals surface area contributed by atoms with Gasteiger partial charge in [0, 0.05) is 18.0 Å². The Labute approximate surface area is 125 Å². The predicted octanol–water partition coefficient (Wildman–Crippen LogP) is 4.40. The maximum Gasteiger partial charge on any atom is 0.124 e. The van der Waals surface area contributed by atoms with Crippen molar-refractivity contribution in [2.24, 2.45) is 7.05 Å². The van der Waals surface area contributed by atoms with E-state index in [1.807, 2.05) is 29.8 Å². The van der Waals surface area contributed by atoms with Gasteiger partial charge in [-0.1, -0.05) is 55.5 Å². The Morgan fingerprint density at radius 2 is 1.71 bits per heavy atom. The molecule has 0 aliphatic heterocycles. The summed E-state index contributed by atoms with van der Waals surface area (Å²) in [6.45, 7) is 2.20. The van der Waals surface area contributed by atoms with Crippen LogP contribution in [0.3, 0.4) is 0 Å². The molecule has 1 heterocycles. The highest BCUT2D eigenvalue weighted by Crippen LogP contribution is 2.32. The fourth-order valence-electron chi connectivity index (χ4n) is 3.13. The summed E-state index contributed by atoms with van der Waals surface area (Å²) in [5.74, 6) is 0.313. The van der Waals surface area contributed by atoms with Crippen LogP contribution in [0.25, 0.3) is 10.9 Å². The van der Waals surface area contributed by atoms with Gasteiger partial charge in [0.1, 0.15) is 11.8 Å². The molecule has 1 aromatic heterocycles. The fourth-order valence-corrected chi connectivity index (χ4v) is 3.13. The lowest BCUT2D eigenvalue weighted by atomic mass is 9.91. The lowest BCUT2D eigenvalue weighted by Crippen LogP contribution is -2.01. The van der Waals surface area contributed by atoms with Gasteiger partial charge in [-0.25, -0.2) is 0 Å². The number of nitriles is 1. The molecule has 2 aromatic carbocycles. The van der Waals surface area contributed by atoms with Crippen LogP contribution in [0.1, 0.15) is 29.7 Å². The van der Waals surface area contributed by atoms with Gasteiger partial charge in [0.05, 0.1) is 0 Å². The third-order valence-electron chi connectivity index (χ3n) is 4.13. The monoisotopic (exact) mass is 274 g/mol. The minimum atomic E-state index is 0.313. The summed E-state index contributed by atoms with van der Waals surface area (Å²) < 4.78 is 2.01. The number of rotatable bonds is 3. The molecule has 0 fully saturated rings. The molecule has 3 rings (SSSR count). The van der Waals surface area contributed by atoms with Crippen LogP contribution in [0, 0.1) is 11.3 Å². The molecular weight excluding hydrogens is 256 g/mol. The van der Waals surface area contributed by atoms with Gasteiger partial charge in [-0.05, 0) is 29.5 Å². The summed E-state index contributed by atoms with van der Waals surface area (Å²) in [6, 6.07) is 21.1. The molecule has 0 saturated carbocycles. The summed E-state index contributed by atoms with van der Waals surface area (Å²) >= 11 is 0. The maximum absolute atomic E-state index is 9.54. The molecule has 104 valence electrons. The predicted molar refractivity (Wildman–Crippen MR) is 86.2 cm³/mol. The Kier molecular flexibility index (Phi) is 3.50. The summed E-state index contributed by atoms with van der Waals surface area (Å²) in [5.41, 5.74) is 4.38. The zero-order valence-corrected chi connectivity index (χ0v) is 12.4. The van der Waals surface area contributed by atoms with E-state index in [0.717, 1.165) is 17.6 Å². The van der Waals surface area contributed by atoms with Crippen LogP contribution < -0.4 is 0 Å². The molecule has 0 aliphatic carbocycles. The van der Waals surface area contributed by atoms with Crippen molar-refractivity contribution in [1.29, 1.82) is 5.26 Å². The van der Waals surface area contributed by atoms with Crippen LogP contribution in [0.2, 0.25) is 0 Å². The largest absolute Gasteiger partial charge is 0.335 e. The number of para-hydroxylation sites is 1. The van der Waals surface area contributed by atoms with Crippen LogP contribution in [-0.4, -0.2) is 4.57 Å². The third-order valence-corrected chi connectivity index (χ3v) is 4.13. The van der Waals surface area contributed by atoms with Gasteiger partial charge in [0.15, 0.2) is 0 Å². The smallest absolute Gasteiger partial charge is 0.124 e. The highest BCUT2D eigenvalue weighted by Gasteiger charge is 2.19. The second kappa shape index (κ2) is 5.46. The van der Waals surface area contributed by atoms with Gasteiger partial charge in [0.25, 0.3) is 0 Å². The van der Waals surface area contributed by atoms with E-state index < -0.39 is 0 Å². The van der Waals surface area contributed by atoms with E-state index in [2.05, 4.69) is 49.4 Å². The number of aryl methyl sites for hydroxylation is 1. The molecule has 2 heteroatoms.